The molecule has 2 heteroatoms. The van der Waals surface area contributed by atoms with Gasteiger partial charge in [0.25, 0.3) is 0 Å². The predicted octanol–water partition coefficient (Wildman–Crippen LogP) is 1.91. The first-order valence-electron chi connectivity index (χ1n) is 5.49. The quantitative estimate of drug-likeness (QED) is 0.705. The van der Waals surface area contributed by atoms with Crippen molar-refractivity contribution in [1.82, 2.24) is 0 Å². The second kappa shape index (κ2) is 4.43. The lowest BCUT2D eigenvalue weighted by atomic mass is 9.64. The van der Waals surface area contributed by atoms with Crippen molar-refractivity contribution in [2.45, 2.75) is 52.1 Å². The number of aliphatic hydroxyl groups excluding tert-OH is 1. The summed E-state index contributed by atoms with van der Waals surface area (Å²) in [7, 11) is 0. The minimum Gasteiger partial charge on any atom is -0.393 e. The minimum atomic E-state index is -0.205. The highest BCUT2D eigenvalue weighted by molar-refractivity contribution is 4.89. The molecule has 0 aliphatic heterocycles. The van der Waals surface area contributed by atoms with E-state index in [1.54, 1.807) is 0 Å². The fraction of sp³-hybridized carbons (Fsp3) is 1.00. The van der Waals surface area contributed by atoms with E-state index < -0.39 is 0 Å². The van der Waals surface area contributed by atoms with Gasteiger partial charge < -0.3 is 10.8 Å². The van der Waals surface area contributed by atoms with E-state index in [9.17, 15) is 5.11 Å². The van der Waals surface area contributed by atoms with Crippen molar-refractivity contribution in [3.63, 3.8) is 0 Å². The molecule has 1 saturated carbocycles. The summed E-state index contributed by atoms with van der Waals surface area (Å²) in [4.78, 5) is 0. The average Bonchev–Trinajstić information content (AvgIpc) is 2.08. The second-order valence-corrected chi connectivity index (χ2v) is 4.77. The molecular weight excluding hydrogens is 162 g/mol. The van der Waals surface area contributed by atoms with Crippen LogP contribution in [0.25, 0.3) is 0 Å². The molecule has 0 saturated heterocycles. The SMILES string of the molecule is CC(O)CC1(CN)CCCCC1C. The maximum absolute atomic E-state index is 9.46. The molecular formula is C11H23NO. The standard InChI is InChI=1S/C11H23NO/c1-9-5-3-4-6-11(9,8-12)7-10(2)13/h9-10,13H,3-8,12H2,1-2H3. The highest BCUT2D eigenvalue weighted by atomic mass is 16.3. The first-order chi connectivity index (χ1) is 6.10. The molecule has 3 N–H and O–H groups in total. The second-order valence-electron chi connectivity index (χ2n) is 4.77. The number of hydrogen-bond donors (Lipinski definition) is 2. The molecule has 1 fully saturated rings. The van der Waals surface area contributed by atoms with E-state index in [0.717, 1.165) is 13.0 Å². The number of hydrogen-bond acceptors (Lipinski definition) is 2. The summed E-state index contributed by atoms with van der Waals surface area (Å²) in [5.74, 6) is 0.681. The summed E-state index contributed by atoms with van der Waals surface area (Å²) in [6.07, 6.45) is 5.78. The van der Waals surface area contributed by atoms with Crippen LogP contribution in [0.4, 0.5) is 0 Å². The topological polar surface area (TPSA) is 46.2 Å². The first-order valence-corrected chi connectivity index (χ1v) is 5.49. The van der Waals surface area contributed by atoms with Crippen LogP contribution in [0.2, 0.25) is 0 Å². The van der Waals surface area contributed by atoms with Gasteiger partial charge in [0.05, 0.1) is 6.10 Å². The van der Waals surface area contributed by atoms with E-state index in [1.165, 1.54) is 25.7 Å². The Kier molecular flexibility index (Phi) is 3.74. The summed E-state index contributed by atoms with van der Waals surface area (Å²) in [5, 5.41) is 9.46. The van der Waals surface area contributed by atoms with Gasteiger partial charge in [-0.3, -0.25) is 0 Å². The van der Waals surface area contributed by atoms with E-state index in [1.807, 2.05) is 6.92 Å². The van der Waals surface area contributed by atoms with Gasteiger partial charge in [-0.05, 0) is 37.6 Å². The van der Waals surface area contributed by atoms with E-state index in [0.29, 0.717) is 5.92 Å². The van der Waals surface area contributed by atoms with Gasteiger partial charge in [-0.2, -0.15) is 0 Å². The monoisotopic (exact) mass is 185 g/mol. The Hall–Kier alpha value is -0.0800. The number of aliphatic hydroxyl groups is 1. The third-order valence-electron chi connectivity index (χ3n) is 3.72. The van der Waals surface area contributed by atoms with Gasteiger partial charge in [0.1, 0.15) is 0 Å². The number of nitrogens with two attached hydrogens (primary N) is 1. The van der Waals surface area contributed by atoms with E-state index in [-0.39, 0.29) is 11.5 Å². The van der Waals surface area contributed by atoms with Crippen molar-refractivity contribution in [2.24, 2.45) is 17.1 Å². The molecule has 0 heterocycles. The van der Waals surface area contributed by atoms with Crippen LogP contribution < -0.4 is 5.73 Å². The van der Waals surface area contributed by atoms with Crippen LogP contribution in [0.3, 0.4) is 0 Å². The third kappa shape index (κ3) is 2.44. The normalized spacial score (nSPS) is 37.4. The summed E-state index contributed by atoms with van der Waals surface area (Å²) in [6.45, 7) is 4.90. The molecule has 0 aromatic rings. The van der Waals surface area contributed by atoms with Crippen LogP contribution in [0.1, 0.15) is 46.0 Å². The van der Waals surface area contributed by atoms with Crippen molar-refractivity contribution in [1.29, 1.82) is 0 Å². The molecule has 3 atom stereocenters. The van der Waals surface area contributed by atoms with Crippen molar-refractivity contribution in [3.05, 3.63) is 0 Å². The molecule has 0 aromatic heterocycles. The maximum Gasteiger partial charge on any atom is 0.0518 e. The first kappa shape index (κ1) is 11.0. The highest BCUT2D eigenvalue weighted by Crippen LogP contribution is 2.43. The summed E-state index contributed by atoms with van der Waals surface area (Å²) in [5.41, 5.74) is 6.09. The zero-order valence-corrected chi connectivity index (χ0v) is 8.92. The Labute approximate surface area is 81.5 Å². The van der Waals surface area contributed by atoms with Gasteiger partial charge >= 0.3 is 0 Å². The van der Waals surface area contributed by atoms with Crippen LogP contribution in [0.15, 0.2) is 0 Å². The lowest BCUT2D eigenvalue weighted by Gasteiger charge is -2.43. The molecule has 0 spiro atoms. The zero-order valence-electron chi connectivity index (χ0n) is 8.92. The van der Waals surface area contributed by atoms with Crippen LogP contribution in [0.5, 0.6) is 0 Å². The number of rotatable bonds is 3. The largest absolute Gasteiger partial charge is 0.393 e. The van der Waals surface area contributed by atoms with Crippen LogP contribution >= 0.6 is 0 Å². The summed E-state index contributed by atoms with van der Waals surface area (Å²) >= 11 is 0. The molecule has 1 rings (SSSR count). The van der Waals surface area contributed by atoms with Crippen molar-refractivity contribution in [2.75, 3.05) is 6.54 Å². The van der Waals surface area contributed by atoms with Crippen molar-refractivity contribution < 1.29 is 5.11 Å². The Morgan fingerprint density at radius 2 is 2.23 bits per heavy atom. The maximum atomic E-state index is 9.46. The van der Waals surface area contributed by atoms with Crippen LogP contribution in [-0.2, 0) is 0 Å². The Morgan fingerprint density at radius 1 is 1.54 bits per heavy atom. The molecule has 0 bridgehead atoms. The highest BCUT2D eigenvalue weighted by Gasteiger charge is 2.37. The molecule has 1 aliphatic carbocycles. The molecule has 0 radical (unpaired) electrons. The van der Waals surface area contributed by atoms with Gasteiger partial charge in [-0.25, -0.2) is 0 Å². The van der Waals surface area contributed by atoms with Gasteiger partial charge in [0.15, 0.2) is 0 Å². The van der Waals surface area contributed by atoms with E-state index in [4.69, 9.17) is 5.73 Å². The summed E-state index contributed by atoms with van der Waals surface area (Å²) in [6, 6.07) is 0. The third-order valence-corrected chi connectivity index (χ3v) is 3.72. The smallest absolute Gasteiger partial charge is 0.0518 e. The van der Waals surface area contributed by atoms with Crippen LogP contribution in [0, 0.1) is 11.3 Å². The van der Waals surface area contributed by atoms with Gasteiger partial charge in [-0.15, -0.1) is 0 Å². The lowest BCUT2D eigenvalue weighted by Crippen LogP contribution is -2.41. The minimum absolute atomic E-state index is 0.205. The van der Waals surface area contributed by atoms with Crippen molar-refractivity contribution in [3.8, 4) is 0 Å². The zero-order chi connectivity index (χ0) is 9.90. The van der Waals surface area contributed by atoms with E-state index in [2.05, 4.69) is 6.92 Å². The molecule has 1 aliphatic rings. The fourth-order valence-electron chi connectivity index (χ4n) is 2.76. The van der Waals surface area contributed by atoms with Gasteiger partial charge in [0, 0.05) is 0 Å². The van der Waals surface area contributed by atoms with E-state index >= 15 is 0 Å². The summed E-state index contributed by atoms with van der Waals surface area (Å²) < 4.78 is 0. The van der Waals surface area contributed by atoms with Crippen molar-refractivity contribution >= 4 is 0 Å². The molecule has 3 unspecified atom stereocenters. The van der Waals surface area contributed by atoms with Crippen LogP contribution in [-0.4, -0.2) is 17.8 Å². The Bertz CT molecular complexity index is 158. The molecule has 13 heavy (non-hydrogen) atoms. The Morgan fingerprint density at radius 3 is 2.69 bits per heavy atom. The molecule has 78 valence electrons. The fourth-order valence-corrected chi connectivity index (χ4v) is 2.76. The lowest BCUT2D eigenvalue weighted by molar-refractivity contribution is 0.0443. The Balaban J connectivity index is 2.64. The predicted molar refractivity (Wildman–Crippen MR) is 55.4 cm³/mol. The van der Waals surface area contributed by atoms with Gasteiger partial charge in [0.2, 0.25) is 0 Å². The average molecular weight is 185 g/mol. The molecule has 0 amide bonds. The van der Waals surface area contributed by atoms with Gasteiger partial charge in [-0.1, -0.05) is 26.2 Å². The molecule has 0 aromatic carbocycles. The molecule has 2 nitrogen and oxygen atoms in total.